The monoisotopic (exact) mass is 580 g/mol. The fraction of sp³-hybridized carbons (Fsp3) is 0.433. The molecule has 3 amide bonds. The summed E-state index contributed by atoms with van der Waals surface area (Å²) in [6, 6.07) is 17.9. The Morgan fingerprint density at radius 3 is 1.85 bits per heavy atom. The Bertz CT molecular complexity index is 1170. The second-order valence-electron chi connectivity index (χ2n) is 11.5. The van der Waals surface area contributed by atoms with E-state index in [0.717, 1.165) is 17.4 Å². The first-order valence-electron chi connectivity index (χ1n) is 13.7. The summed E-state index contributed by atoms with van der Waals surface area (Å²) in [4.78, 5) is 54.1. The molecule has 0 spiro atoms. The van der Waals surface area contributed by atoms with Crippen molar-refractivity contribution in [3.63, 3.8) is 0 Å². The number of ether oxygens (including phenoxy) is 2. The predicted molar refractivity (Wildman–Crippen MR) is 158 cm³/mol. The molecule has 2 atom stereocenters. The number of alkyl carbamates (subject to hydrolysis) is 2. The molecule has 3 rings (SSSR count). The first-order chi connectivity index (χ1) is 19.4. The molecule has 0 unspecified atom stereocenters. The molecule has 220 valence electrons. The number of nitrogens with one attached hydrogen (secondary N) is 2. The van der Waals surface area contributed by atoms with E-state index in [1.54, 1.807) is 0 Å². The Morgan fingerprint density at radius 2 is 1.41 bits per heavy atom. The van der Waals surface area contributed by atoms with Crippen LogP contribution in [-0.2, 0) is 32.3 Å². The number of aliphatic imine (C=N–C) groups is 1. The van der Waals surface area contributed by atoms with Crippen LogP contribution in [-0.4, -0.2) is 55.7 Å². The second-order valence-corrected chi connectivity index (χ2v) is 16.6. The van der Waals surface area contributed by atoms with Crippen LogP contribution in [0.5, 0.6) is 0 Å². The van der Waals surface area contributed by atoms with Gasteiger partial charge in [0.2, 0.25) is 11.9 Å². The molecule has 41 heavy (non-hydrogen) atoms. The molecule has 0 radical (unpaired) electrons. The molecular formula is C30H40N4O6Si. The Kier molecular flexibility index (Phi) is 10.8. The lowest BCUT2D eigenvalue weighted by atomic mass is 9.87. The van der Waals surface area contributed by atoms with Gasteiger partial charge in [-0.25, -0.2) is 9.59 Å². The number of hydrogen-bond donors (Lipinski definition) is 2. The fourth-order valence-corrected chi connectivity index (χ4v) is 6.78. The SMILES string of the molecule is CC(C)(C)[Si](C)(C)N1C(=O)[C@@H](CCCN=C(NC(=O)OCc2ccccc2)NC(=O)OCc2ccccc2)[C@@H]1C=O. The van der Waals surface area contributed by atoms with Crippen LogP contribution in [0, 0.1) is 5.92 Å². The molecule has 0 bridgehead atoms. The third kappa shape index (κ3) is 8.50. The van der Waals surface area contributed by atoms with Crippen LogP contribution >= 0.6 is 0 Å². The van der Waals surface area contributed by atoms with Crippen molar-refractivity contribution in [3.05, 3.63) is 71.8 Å². The van der Waals surface area contributed by atoms with Crippen LogP contribution in [0.1, 0.15) is 44.7 Å². The van der Waals surface area contributed by atoms with Crippen molar-refractivity contribution in [1.82, 2.24) is 15.2 Å². The number of carbonyl (C=O) groups excluding carboxylic acids is 4. The second kappa shape index (κ2) is 14.1. The lowest BCUT2D eigenvalue weighted by Crippen LogP contribution is -2.73. The minimum absolute atomic E-state index is 0.00289. The molecule has 10 nitrogen and oxygen atoms in total. The zero-order valence-corrected chi connectivity index (χ0v) is 25.4. The normalized spacial score (nSPS) is 16.7. The molecular weight excluding hydrogens is 540 g/mol. The van der Waals surface area contributed by atoms with E-state index in [4.69, 9.17) is 9.47 Å². The van der Waals surface area contributed by atoms with Gasteiger partial charge in [0.05, 0.1) is 12.0 Å². The average molecular weight is 581 g/mol. The fourth-order valence-electron chi connectivity index (χ4n) is 4.35. The Morgan fingerprint density at radius 1 is 0.927 bits per heavy atom. The van der Waals surface area contributed by atoms with Crippen molar-refractivity contribution in [1.29, 1.82) is 0 Å². The van der Waals surface area contributed by atoms with Gasteiger partial charge in [0.25, 0.3) is 0 Å². The van der Waals surface area contributed by atoms with E-state index in [1.165, 1.54) is 0 Å². The lowest BCUT2D eigenvalue weighted by molar-refractivity contribution is -0.151. The van der Waals surface area contributed by atoms with Gasteiger partial charge in [-0.2, -0.15) is 0 Å². The average Bonchev–Trinajstić information content (AvgIpc) is 2.93. The van der Waals surface area contributed by atoms with E-state index >= 15 is 0 Å². The van der Waals surface area contributed by atoms with E-state index < -0.39 is 32.4 Å². The molecule has 1 saturated heterocycles. The summed E-state index contributed by atoms with van der Waals surface area (Å²) in [7, 11) is -2.18. The third-order valence-corrected chi connectivity index (χ3v) is 13.0. The van der Waals surface area contributed by atoms with E-state index in [0.29, 0.717) is 12.8 Å². The molecule has 0 saturated carbocycles. The third-order valence-electron chi connectivity index (χ3n) is 7.65. The van der Waals surface area contributed by atoms with Gasteiger partial charge in [0, 0.05) is 6.54 Å². The summed E-state index contributed by atoms with van der Waals surface area (Å²) < 4.78 is 12.3. The van der Waals surface area contributed by atoms with Crippen LogP contribution in [0.3, 0.4) is 0 Å². The van der Waals surface area contributed by atoms with Gasteiger partial charge in [-0.15, -0.1) is 0 Å². The number of carbonyl (C=O) groups is 4. The number of hydrogen-bond acceptors (Lipinski definition) is 7. The predicted octanol–water partition coefficient (Wildman–Crippen LogP) is 5.01. The Balaban J connectivity index is 1.58. The van der Waals surface area contributed by atoms with E-state index in [1.807, 2.05) is 65.2 Å². The quantitative estimate of drug-likeness (QED) is 0.102. The highest BCUT2D eigenvalue weighted by Crippen LogP contribution is 2.45. The van der Waals surface area contributed by atoms with Crippen LogP contribution in [0.2, 0.25) is 18.1 Å². The van der Waals surface area contributed by atoms with E-state index in [-0.39, 0.29) is 36.7 Å². The minimum Gasteiger partial charge on any atom is -0.444 e. The topological polar surface area (TPSA) is 126 Å². The molecule has 0 aliphatic carbocycles. The summed E-state index contributed by atoms with van der Waals surface area (Å²) in [5.41, 5.74) is 1.61. The highest BCUT2D eigenvalue weighted by Gasteiger charge is 2.56. The van der Waals surface area contributed by atoms with Gasteiger partial charge in [0.1, 0.15) is 19.5 Å². The van der Waals surface area contributed by atoms with Crippen LogP contribution in [0.25, 0.3) is 0 Å². The van der Waals surface area contributed by atoms with Gasteiger partial charge in [-0.1, -0.05) is 94.5 Å². The molecule has 2 aromatic carbocycles. The number of benzene rings is 2. The summed E-state index contributed by atoms with van der Waals surface area (Å²) in [6.45, 7) is 10.8. The van der Waals surface area contributed by atoms with Gasteiger partial charge in [-0.05, 0) is 29.0 Å². The summed E-state index contributed by atoms with van der Waals surface area (Å²) in [6.07, 6.45) is 0.209. The van der Waals surface area contributed by atoms with Gasteiger partial charge in [0.15, 0.2) is 8.24 Å². The summed E-state index contributed by atoms with van der Waals surface area (Å²) in [5, 5.41) is 4.84. The number of rotatable bonds is 10. The van der Waals surface area contributed by atoms with Crippen molar-refractivity contribution >= 4 is 38.6 Å². The summed E-state index contributed by atoms with van der Waals surface area (Å²) in [5.74, 6) is -0.521. The first kappa shape index (κ1) is 31.5. The maximum atomic E-state index is 13.0. The van der Waals surface area contributed by atoms with E-state index in [2.05, 4.69) is 49.5 Å². The zero-order chi connectivity index (χ0) is 30.0. The molecule has 11 heteroatoms. The van der Waals surface area contributed by atoms with Crippen LogP contribution in [0.15, 0.2) is 65.7 Å². The number of guanidine groups is 1. The molecule has 1 heterocycles. The van der Waals surface area contributed by atoms with Crippen molar-refractivity contribution in [2.45, 2.75) is 71.0 Å². The molecule has 1 aliphatic heterocycles. The number of amides is 3. The van der Waals surface area contributed by atoms with Crippen molar-refractivity contribution < 1.29 is 28.7 Å². The van der Waals surface area contributed by atoms with Gasteiger partial charge >= 0.3 is 12.2 Å². The van der Waals surface area contributed by atoms with Crippen LogP contribution < -0.4 is 10.6 Å². The van der Waals surface area contributed by atoms with Gasteiger partial charge < -0.3 is 18.8 Å². The smallest absolute Gasteiger partial charge is 0.414 e. The standard InChI is InChI=1S/C30H40N4O6Si/c1-30(2,3)41(4,5)34-25(19-35)24(26(34)36)17-12-18-31-27(32-28(37)39-20-22-13-8-6-9-14-22)33-29(38)40-21-23-15-10-7-11-16-23/h6-11,13-16,19,24-25H,12,17-18,20-21H2,1-5H3,(H2,31,32,33,37,38)/t24-,25-/m0/s1. The van der Waals surface area contributed by atoms with Crippen molar-refractivity contribution in [2.75, 3.05) is 6.54 Å². The van der Waals surface area contributed by atoms with E-state index in [9.17, 15) is 19.2 Å². The first-order valence-corrected chi connectivity index (χ1v) is 16.7. The van der Waals surface area contributed by atoms with Gasteiger partial charge in [-0.3, -0.25) is 20.4 Å². The summed E-state index contributed by atoms with van der Waals surface area (Å²) >= 11 is 0. The molecule has 2 aromatic rings. The molecule has 1 aliphatic rings. The number of aldehydes is 1. The minimum atomic E-state index is -2.18. The molecule has 0 aromatic heterocycles. The van der Waals surface area contributed by atoms with Crippen LogP contribution in [0.4, 0.5) is 9.59 Å². The lowest BCUT2D eigenvalue weighted by Gasteiger charge is -2.56. The highest BCUT2D eigenvalue weighted by atomic mass is 28.3. The highest BCUT2D eigenvalue weighted by molar-refractivity contribution is 6.80. The molecule has 2 N–H and O–H groups in total. The Hall–Kier alpha value is -3.99. The zero-order valence-electron chi connectivity index (χ0n) is 24.4. The maximum Gasteiger partial charge on any atom is 0.414 e. The number of β-lactam (4-membered cyclic amide) rings is 1. The molecule has 1 fully saturated rings. The van der Waals surface area contributed by atoms with Crippen molar-refractivity contribution in [2.24, 2.45) is 10.9 Å². The number of nitrogens with zero attached hydrogens (tertiary/aromatic N) is 2. The largest absolute Gasteiger partial charge is 0.444 e. The van der Waals surface area contributed by atoms with Crippen molar-refractivity contribution in [3.8, 4) is 0 Å². The Labute approximate surface area is 242 Å². The maximum absolute atomic E-state index is 13.0.